The summed E-state index contributed by atoms with van der Waals surface area (Å²) < 4.78 is 15.8. The number of hydrogen-bond acceptors (Lipinski definition) is 5. The minimum Gasteiger partial charge on any atom is -0.497 e. The standard InChI is InChI=1S/C23H32N4O4/c1-27(2)22(28)16-26-23(25-15-18-6-9-19(29-3)10-7-18)24-13-12-17-8-11-20(30-4)21(14-17)31-5/h6-11,14H,12-13,15-16H2,1-5H3,(H2,24,25,26). The highest BCUT2D eigenvalue weighted by Gasteiger charge is 2.08. The molecule has 8 nitrogen and oxygen atoms in total. The maximum Gasteiger partial charge on any atom is 0.241 e. The highest BCUT2D eigenvalue weighted by molar-refractivity contribution is 5.86. The zero-order valence-electron chi connectivity index (χ0n) is 18.9. The number of rotatable bonds is 10. The van der Waals surface area contributed by atoms with Crippen LogP contribution in [0, 0.1) is 0 Å². The Morgan fingerprint density at radius 3 is 2.19 bits per heavy atom. The first-order valence-corrected chi connectivity index (χ1v) is 10.0. The van der Waals surface area contributed by atoms with Crippen molar-refractivity contribution >= 4 is 11.9 Å². The number of carbonyl (C=O) groups is 1. The lowest BCUT2D eigenvalue weighted by Gasteiger charge is -2.15. The first-order chi connectivity index (χ1) is 15.0. The highest BCUT2D eigenvalue weighted by Crippen LogP contribution is 2.27. The molecule has 0 fully saturated rings. The molecule has 0 saturated carbocycles. The van der Waals surface area contributed by atoms with Crippen LogP contribution >= 0.6 is 0 Å². The number of carbonyl (C=O) groups excluding carboxylic acids is 1. The molecule has 0 unspecified atom stereocenters. The van der Waals surface area contributed by atoms with Gasteiger partial charge < -0.3 is 29.7 Å². The summed E-state index contributed by atoms with van der Waals surface area (Å²) in [4.78, 5) is 18.1. The van der Waals surface area contributed by atoms with Gasteiger partial charge in [0.25, 0.3) is 0 Å². The number of ether oxygens (including phenoxy) is 3. The minimum atomic E-state index is -0.0289. The monoisotopic (exact) mass is 428 g/mol. The lowest BCUT2D eigenvalue weighted by molar-refractivity contribution is -0.127. The lowest BCUT2D eigenvalue weighted by Crippen LogP contribution is -2.43. The van der Waals surface area contributed by atoms with Crippen LogP contribution in [0.1, 0.15) is 11.1 Å². The quantitative estimate of drug-likeness (QED) is 0.445. The molecule has 0 aliphatic heterocycles. The number of methoxy groups -OCH3 is 3. The zero-order valence-corrected chi connectivity index (χ0v) is 18.9. The van der Waals surface area contributed by atoms with Gasteiger partial charge in [-0.15, -0.1) is 0 Å². The van der Waals surface area contributed by atoms with Crippen molar-refractivity contribution < 1.29 is 19.0 Å². The molecule has 31 heavy (non-hydrogen) atoms. The first kappa shape index (κ1) is 23.9. The maximum absolute atomic E-state index is 12.0. The van der Waals surface area contributed by atoms with Crippen LogP contribution in [0.25, 0.3) is 0 Å². The lowest BCUT2D eigenvalue weighted by atomic mass is 10.1. The van der Waals surface area contributed by atoms with E-state index in [9.17, 15) is 4.79 Å². The smallest absolute Gasteiger partial charge is 0.241 e. The SMILES string of the molecule is COc1ccc(CN=C(NCCc2ccc(OC)c(OC)c2)NCC(=O)N(C)C)cc1. The third-order valence-corrected chi connectivity index (χ3v) is 4.64. The summed E-state index contributed by atoms with van der Waals surface area (Å²) in [6.07, 6.45) is 0.755. The van der Waals surface area contributed by atoms with Gasteiger partial charge in [-0.05, 0) is 41.8 Å². The van der Waals surface area contributed by atoms with E-state index in [2.05, 4.69) is 15.6 Å². The number of nitrogens with one attached hydrogen (secondary N) is 2. The minimum absolute atomic E-state index is 0.0289. The van der Waals surface area contributed by atoms with E-state index in [1.165, 1.54) is 4.90 Å². The molecule has 0 bridgehead atoms. The Hall–Kier alpha value is -3.42. The van der Waals surface area contributed by atoms with Crippen LogP contribution in [0.15, 0.2) is 47.5 Å². The van der Waals surface area contributed by atoms with E-state index in [0.717, 1.165) is 23.3 Å². The summed E-state index contributed by atoms with van der Waals surface area (Å²) in [7, 11) is 8.32. The van der Waals surface area contributed by atoms with Crippen molar-refractivity contribution in [2.45, 2.75) is 13.0 Å². The molecule has 2 N–H and O–H groups in total. The second-order valence-corrected chi connectivity index (χ2v) is 7.02. The molecule has 8 heteroatoms. The Morgan fingerprint density at radius 2 is 1.58 bits per heavy atom. The molecule has 0 radical (unpaired) electrons. The third-order valence-electron chi connectivity index (χ3n) is 4.64. The number of nitrogens with zero attached hydrogens (tertiary/aromatic N) is 2. The van der Waals surface area contributed by atoms with E-state index in [1.807, 2.05) is 42.5 Å². The fourth-order valence-electron chi connectivity index (χ4n) is 2.75. The summed E-state index contributed by atoms with van der Waals surface area (Å²) in [5.74, 6) is 2.74. The molecule has 0 saturated heterocycles. The molecular weight excluding hydrogens is 396 g/mol. The van der Waals surface area contributed by atoms with Gasteiger partial charge in [-0.1, -0.05) is 18.2 Å². The van der Waals surface area contributed by atoms with E-state index in [1.54, 1.807) is 35.4 Å². The van der Waals surface area contributed by atoms with Gasteiger partial charge in [0.15, 0.2) is 17.5 Å². The molecule has 1 amide bonds. The average molecular weight is 429 g/mol. The van der Waals surface area contributed by atoms with Gasteiger partial charge in [0.05, 0.1) is 34.4 Å². The fourth-order valence-corrected chi connectivity index (χ4v) is 2.75. The van der Waals surface area contributed by atoms with E-state index < -0.39 is 0 Å². The van der Waals surface area contributed by atoms with Crippen LogP contribution in [0.3, 0.4) is 0 Å². The predicted molar refractivity (Wildman–Crippen MR) is 122 cm³/mol. The van der Waals surface area contributed by atoms with Crippen molar-refractivity contribution in [2.24, 2.45) is 4.99 Å². The van der Waals surface area contributed by atoms with Crippen molar-refractivity contribution in [1.29, 1.82) is 0 Å². The number of benzene rings is 2. The van der Waals surface area contributed by atoms with Crippen LogP contribution < -0.4 is 24.8 Å². The average Bonchev–Trinajstić information content (AvgIpc) is 2.80. The molecule has 2 aromatic rings. The summed E-state index contributed by atoms with van der Waals surface area (Å²) >= 11 is 0. The maximum atomic E-state index is 12.0. The Bertz CT molecular complexity index is 866. The van der Waals surface area contributed by atoms with Gasteiger partial charge in [0.2, 0.25) is 5.91 Å². The first-order valence-electron chi connectivity index (χ1n) is 10.0. The van der Waals surface area contributed by atoms with E-state index in [-0.39, 0.29) is 12.5 Å². The second kappa shape index (κ2) is 12.3. The van der Waals surface area contributed by atoms with Crippen LogP contribution in [0.4, 0.5) is 0 Å². The normalized spacial score (nSPS) is 10.9. The Balaban J connectivity index is 2.00. The topological polar surface area (TPSA) is 84.4 Å². The summed E-state index contributed by atoms with van der Waals surface area (Å²) in [5, 5.41) is 6.39. The van der Waals surface area contributed by atoms with Gasteiger partial charge in [-0.2, -0.15) is 0 Å². The molecule has 2 aromatic carbocycles. The highest BCUT2D eigenvalue weighted by atomic mass is 16.5. The predicted octanol–water partition coefficient (Wildman–Crippen LogP) is 2.08. The summed E-state index contributed by atoms with van der Waals surface area (Å²) in [6, 6.07) is 13.6. The van der Waals surface area contributed by atoms with E-state index >= 15 is 0 Å². The van der Waals surface area contributed by atoms with Crippen molar-refractivity contribution in [3.63, 3.8) is 0 Å². The fraction of sp³-hybridized carbons (Fsp3) is 0.391. The molecule has 168 valence electrons. The van der Waals surface area contributed by atoms with Crippen LogP contribution in [0.2, 0.25) is 0 Å². The second-order valence-electron chi connectivity index (χ2n) is 7.02. The van der Waals surface area contributed by atoms with E-state index in [0.29, 0.717) is 30.5 Å². The molecule has 0 atom stereocenters. The summed E-state index contributed by atoms with van der Waals surface area (Å²) in [6.45, 7) is 1.28. The number of amides is 1. The van der Waals surface area contributed by atoms with Crippen LogP contribution in [0.5, 0.6) is 17.2 Å². The van der Waals surface area contributed by atoms with Gasteiger partial charge in [-0.25, -0.2) is 4.99 Å². The van der Waals surface area contributed by atoms with Crippen molar-refractivity contribution in [1.82, 2.24) is 15.5 Å². The summed E-state index contributed by atoms with van der Waals surface area (Å²) in [5.41, 5.74) is 2.14. The number of aliphatic imine (C=N–C) groups is 1. The molecule has 0 aliphatic rings. The van der Waals surface area contributed by atoms with Crippen molar-refractivity contribution in [2.75, 3.05) is 48.5 Å². The van der Waals surface area contributed by atoms with Gasteiger partial charge in [0.1, 0.15) is 5.75 Å². The largest absolute Gasteiger partial charge is 0.497 e. The number of hydrogen-bond donors (Lipinski definition) is 2. The molecule has 0 spiro atoms. The third kappa shape index (κ3) is 7.73. The molecule has 0 heterocycles. The van der Waals surface area contributed by atoms with Gasteiger partial charge in [-0.3, -0.25) is 4.79 Å². The Morgan fingerprint density at radius 1 is 0.903 bits per heavy atom. The Labute approximate surface area is 184 Å². The molecule has 0 aliphatic carbocycles. The Kier molecular flexibility index (Phi) is 9.48. The molecule has 0 aromatic heterocycles. The molecular formula is C23H32N4O4. The van der Waals surface area contributed by atoms with Gasteiger partial charge in [0, 0.05) is 20.6 Å². The van der Waals surface area contributed by atoms with Crippen LogP contribution in [-0.4, -0.2) is 65.3 Å². The van der Waals surface area contributed by atoms with E-state index in [4.69, 9.17) is 14.2 Å². The zero-order chi connectivity index (χ0) is 22.6. The molecule has 2 rings (SSSR count). The van der Waals surface area contributed by atoms with Gasteiger partial charge >= 0.3 is 0 Å². The number of guanidine groups is 1. The van der Waals surface area contributed by atoms with Crippen molar-refractivity contribution in [3.05, 3.63) is 53.6 Å². The number of likely N-dealkylation sites (N-methyl/N-ethyl adjacent to an activating group) is 1. The van der Waals surface area contributed by atoms with Crippen molar-refractivity contribution in [3.8, 4) is 17.2 Å². The van der Waals surface area contributed by atoms with Crippen LogP contribution in [-0.2, 0) is 17.8 Å².